The molecule has 0 saturated carbocycles. The summed E-state index contributed by atoms with van der Waals surface area (Å²) in [5.41, 5.74) is -0.513. The van der Waals surface area contributed by atoms with Crippen molar-refractivity contribution >= 4 is 12.0 Å². The van der Waals surface area contributed by atoms with Crippen LogP contribution in [-0.2, 0) is 4.79 Å². The molecule has 0 spiro atoms. The van der Waals surface area contributed by atoms with Gasteiger partial charge in [0.25, 0.3) is 0 Å². The second-order valence-electron chi connectivity index (χ2n) is 4.96. The van der Waals surface area contributed by atoms with Crippen molar-refractivity contribution in [2.24, 2.45) is 0 Å². The summed E-state index contributed by atoms with van der Waals surface area (Å²) in [5, 5.41) is 14.1. The lowest BCUT2D eigenvalue weighted by molar-refractivity contribution is -0.137. The Bertz CT molecular complexity index is 265. The minimum atomic E-state index is -0.854. The van der Waals surface area contributed by atoms with E-state index in [-0.39, 0.29) is 12.5 Å². The molecule has 0 aliphatic heterocycles. The number of urea groups is 1. The van der Waals surface area contributed by atoms with Gasteiger partial charge in [0.05, 0.1) is 0 Å². The topological polar surface area (TPSA) is 81.7 Å². The van der Waals surface area contributed by atoms with Crippen molar-refractivity contribution < 1.29 is 14.7 Å². The van der Waals surface area contributed by atoms with Crippen LogP contribution < -0.4 is 10.6 Å². The first kappa shape index (κ1) is 15.7. The number of carbonyl (C=O) groups is 2. The fourth-order valence-electron chi connectivity index (χ4n) is 1.23. The minimum Gasteiger partial charge on any atom is -0.481 e. The molecule has 0 aromatic carbocycles. The molecule has 3 N–H and O–H groups in total. The average Bonchev–Trinajstić information content (AvgIpc) is 2.13. The summed E-state index contributed by atoms with van der Waals surface area (Å²) in [7, 11) is 3.85. The SMILES string of the molecule is CN(C)CCNC(=O)NC(C)(C)CCC(=O)O. The van der Waals surface area contributed by atoms with Crippen LogP contribution in [-0.4, -0.2) is 54.7 Å². The summed E-state index contributed by atoms with van der Waals surface area (Å²) in [5.74, 6) is -0.854. The van der Waals surface area contributed by atoms with E-state index in [9.17, 15) is 9.59 Å². The van der Waals surface area contributed by atoms with Gasteiger partial charge in [0.15, 0.2) is 0 Å². The van der Waals surface area contributed by atoms with Crippen molar-refractivity contribution in [2.45, 2.75) is 32.2 Å². The monoisotopic (exact) mass is 245 g/mol. The molecule has 0 aliphatic rings. The largest absolute Gasteiger partial charge is 0.481 e. The maximum absolute atomic E-state index is 11.5. The molecule has 0 aromatic rings. The molecule has 6 heteroatoms. The van der Waals surface area contributed by atoms with Crippen LogP contribution in [0.25, 0.3) is 0 Å². The predicted molar refractivity (Wildman–Crippen MR) is 66.0 cm³/mol. The Labute approximate surface area is 102 Å². The standard InChI is InChI=1S/C11H23N3O3/c1-11(2,6-5-9(15)16)13-10(17)12-7-8-14(3)4/h5-8H2,1-4H3,(H,15,16)(H2,12,13,17). The second-order valence-corrected chi connectivity index (χ2v) is 4.96. The molecule has 0 radical (unpaired) electrons. The highest BCUT2D eigenvalue weighted by molar-refractivity contribution is 5.74. The van der Waals surface area contributed by atoms with E-state index in [2.05, 4.69) is 10.6 Å². The third kappa shape index (κ3) is 9.62. The molecule has 0 unspecified atom stereocenters. The molecule has 0 fully saturated rings. The lowest BCUT2D eigenvalue weighted by Crippen LogP contribution is -2.49. The van der Waals surface area contributed by atoms with Gasteiger partial charge in [0, 0.05) is 25.0 Å². The first-order valence-corrected chi connectivity index (χ1v) is 5.65. The molecular weight excluding hydrogens is 222 g/mol. The van der Waals surface area contributed by atoms with Gasteiger partial charge < -0.3 is 20.6 Å². The van der Waals surface area contributed by atoms with E-state index in [0.717, 1.165) is 6.54 Å². The van der Waals surface area contributed by atoms with Gasteiger partial charge in [-0.05, 0) is 34.4 Å². The normalized spacial score (nSPS) is 11.4. The van der Waals surface area contributed by atoms with Gasteiger partial charge in [-0.15, -0.1) is 0 Å². The summed E-state index contributed by atoms with van der Waals surface area (Å²) in [4.78, 5) is 23.9. The van der Waals surface area contributed by atoms with E-state index in [4.69, 9.17) is 5.11 Å². The van der Waals surface area contributed by atoms with Crippen LogP contribution in [0.2, 0.25) is 0 Å². The van der Waals surface area contributed by atoms with Crippen LogP contribution in [0.5, 0.6) is 0 Å². The van der Waals surface area contributed by atoms with E-state index < -0.39 is 11.5 Å². The molecule has 0 bridgehead atoms. The summed E-state index contributed by atoms with van der Waals surface area (Å²) in [6, 6.07) is -0.262. The highest BCUT2D eigenvalue weighted by Gasteiger charge is 2.21. The number of nitrogens with zero attached hydrogens (tertiary/aromatic N) is 1. The Morgan fingerprint density at radius 2 is 1.88 bits per heavy atom. The van der Waals surface area contributed by atoms with Gasteiger partial charge in [-0.25, -0.2) is 4.79 Å². The van der Waals surface area contributed by atoms with Crippen LogP contribution in [0.1, 0.15) is 26.7 Å². The number of aliphatic carboxylic acids is 1. The fourth-order valence-corrected chi connectivity index (χ4v) is 1.23. The van der Waals surface area contributed by atoms with Gasteiger partial charge in [0.2, 0.25) is 0 Å². The summed E-state index contributed by atoms with van der Waals surface area (Å²) < 4.78 is 0. The van der Waals surface area contributed by atoms with Crippen molar-refractivity contribution in [1.82, 2.24) is 15.5 Å². The lowest BCUT2D eigenvalue weighted by Gasteiger charge is -2.25. The van der Waals surface area contributed by atoms with Crippen molar-refractivity contribution in [3.63, 3.8) is 0 Å². The molecule has 2 amide bonds. The first-order valence-electron chi connectivity index (χ1n) is 5.65. The smallest absolute Gasteiger partial charge is 0.315 e. The number of amides is 2. The molecule has 0 saturated heterocycles. The number of nitrogens with one attached hydrogen (secondary N) is 2. The summed E-state index contributed by atoms with van der Waals surface area (Å²) in [6.07, 6.45) is 0.453. The maximum atomic E-state index is 11.5. The highest BCUT2D eigenvalue weighted by Crippen LogP contribution is 2.10. The Morgan fingerprint density at radius 1 is 1.29 bits per heavy atom. The van der Waals surface area contributed by atoms with E-state index in [1.54, 1.807) is 0 Å². The van der Waals surface area contributed by atoms with E-state index in [1.165, 1.54) is 0 Å². The maximum Gasteiger partial charge on any atom is 0.315 e. The van der Waals surface area contributed by atoms with Crippen molar-refractivity contribution in [1.29, 1.82) is 0 Å². The molecule has 6 nitrogen and oxygen atoms in total. The molecule has 17 heavy (non-hydrogen) atoms. The average molecular weight is 245 g/mol. The van der Waals surface area contributed by atoms with Gasteiger partial charge in [-0.3, -0.25) is 4.79 Å². The molecule has 0 heterocycles. The summed E-state index contributed by atoms with van der Waals surface area (Å²) in [6.45, 7) is 4.94. The van der Waals surface area contributed by atoms with E-state index in [0.29, 0.717) is 13.0 Å². The third-order valence-electron chi connectivity index (χ3n) is 2.26. The summed E-state index contributed by atoms with van der Waals surface area (Å²) >= 11 is 0. The van der Waals surface area contributed by atoms with Gasteiger partial charge in [0.1, 0.15) is 0 Å². The Kier molecular flexibility index (Phi) is 6.57. The second kappa shape index (κ2) is 7.11. The minimum absolute atomic E-state index is 0.0466. The Balaban J connectivity index is 3.88. The molecule has 0 aliphatic carbocycles. The molecule has 0 atom stereocenters. The van der Waals surface area contributed by atoms with Crippen molar-refractivity contribution in [3.8, 4) is 0 Å². The zero-order valence-electron chi connectivity index (χ0n) is 11.0. The van der Waals surface area contributed by atoms with Gasteiger partial charge in [-0.2, -0.15) is 0 Å². The van der Waals surface area contributed by atoms with Crippen LogP contribution in [0.3, 0.4) is 0 Å². The van der Waals surface area contributed by atoms with Gasteiger partial charge in [-0.1, -0.05) is 0 Å². The number of carboxylic acids is 1. The number of likely N-dealkylation sites (N-methyl/N-ethyl adjacent to an activating group) is 1. The molecule has 0 aromatic heterocycles. The highest BCUT2D eigenvalue weighted by atomic mass is 16.4. The van der Waals surface area contributed by atoms with Crippen LogP contribution in [0.4, 0.5) is 4.79 Å². The molecule has 0 rings (SSSR count). The number of hydrogen-bond acceptors (Lipinski definition) is 3. The zero-order chi connectivity index (χ0) is 13.5. The van der Waals surface area contributed by atoms with Crippen LogP contribution in [0, 0.1) is 0 Å². The van der Waals surface area contributed by atoms with Crippen LogP contribution in [0.15, 0.2) is 0 Å². The number of rotatable bonds is 7. The number of carboxylic acid groups (broad SMARTS) is 1. The Morgan fingerprint density at radius 3 is 2.35 bits per heavy atom. The van der Waals surface area contributed by atoms with E-state index in [1.807, 2.05) is 32.8 Å². The van der Waals surface area contributed by atoms with Crippen molar-refractivity contribution in [3.05, 3.63) is 0 Å². The zero-order valence-corrected chi connectivity index (χ0v) is 11.0. The number of carbonyl (C=O) groups excluding carboxylic acids is 1. The molecular formula is C11H23N3O3. The van der Waals surface area contributed by atoms with Gasteiger partial charge >= 0.3 is 12.0 Å². The van der Waals surface area contributed by atoms with E-state index >= 15 is 0 Å². The quantitative estimate of drug-likeness (QED) is 0.609. The fraction of sp³-hybridized carbons (Fsp3) is 0.818. The Hall–Kier alpha value is -1.30. The predicted octanol–water partition coefficient (Wildman–Crippen LogP) is 0.491. The number of hydrogen-bond donors (Lipinski definition) is 3. The van der Waals surface area contributed by atoms with Crippen molar-refractivity contribution in [2.75, 3.05) is 27.2 Å². The van der Waals surface area contributed by atoms with Crippen LogP contribution >= 0.6 is 0 Å². The first-order chi connectivity index (χ1) is 7.73. The lowest BCUT2D eigenvalue weighted by atomic mass is 9.99. The third-order valence-corrected chi connectivity index (χ3v) is 2.26. The molecule has 100 valence electrons.